The average Bonchev–Trinajstić information content (AvgIpc) is 2.21. The topological polar surface area (TPSA) is 40.5 Å². The lowest BCUT2D eigenvalue weighted by atomic mass is 10.1. The second-order valence-electron chi connectivity index (χ2n) is 4.10. The molecule has 0 bridgehead atoms. The number of aliphatic hydroxyl groups excluding tert-OH is 2. The molecule has 0 rings (SSSR count). The van der Waals surface area contributed by atoms with Gasteiger partial charge in [0.1, 0.15) is 0 Å². The second-order valence-corrected chi connectivity index (χ2v) is 4.10. The van der Waals surface area contributed by atoms with Gasteiger partial charge >= 0.3 is 0 Å². The first kappa shape index (κ1) is 13.9. The molecule has 0 spiro atoms. The maximum absolute atomic E-state index is 9.08. The summed E-state index contributed by atoms with van der Waals surface area (Å²) < 4.78 is 0. The van der Waals surface area contributed by atoms with Crippen LogP contribution in [0.2, 0.25) is 0 Å². The zero-order valence-corrected chi connectivity index (χ0v) is 9.54. The molecule has 0 aliphatic rings. The molecule has 86 valence electrons. The normalized spacial score (nSPS) is 13.1. The van der Waals surface area contributed by atoms with Crippen molar-refractivity contribution >= 4 is 0 Å². The van der Waals surface area contributed by atoms with Gasteiger partial charge in [-0.05, 0) is 6.42 Å². The van der Waals surface area contributed by atoms with Crippen LogP contribution in [0.15, 0.2) is 0 Å². The summed E-state index contributed by atoms with van der Waals surface area (Å²) in [6.45, 7) is 2.15. The van der Waals surface area contributed by atoms with E-state index >= 15 is 0 Å². The third kappa shape index (κ3) is 10.0. The molecule has 0 fully saturated rings. The van der Waals surface area contributed by atoms with Crippen molar-refractivity contribution in [2.75, 3.05) is 6.61 Å². The van der Waals surface area contributed by atoms with Crippen molar-refractivity contribution in [2.45, 2.75) is 70.8 Å². The molecule has 1 atom stereocenters. The third-order valence-corrected chi connectivity index (χ3v) is 2.60. The van der Waals surface area contributed by atoms with Crippen LogP contribution in [-0.2, 0) is 0 Å². The first-order valence-electron chi connectivity index (χ1n) is 6.10. The summed E-state index contributed by atoms with van der Waals surface area (Å²) in [5, 5.41) is 17.7. The number of rotatable bonds is 10. The predicted octanol–water partition coefficient (Wildman–Crippen LogP) is 2.87. The maximum atomic E-state index is 9.08. The van der Waals surface area contributed by atoms with Crippen molar-refractivity contribution in [1.29, 1.82) is 0 Å². The number of hydrogen-bond donors (Lipinski definition) is 2. The minimum Gasteiger partial charge on any atom is -0.394 e. The molecule has 2 heteroatoms. The molecule has 0 unspecified atom stereocenters. The van der Waals surface area contributed by atoms with E-state index in [1.807, 2.05) is 0 Å². The van der Waals surface area contributed by atoms with Gasteiger partial charge in [0.05, 0.1) is 12.7 Å². The lowest BCUT2D eigenvalue weighted by molar-refractivity contribution is 0.0860. The molecule has 0 heterocycles. The van der Waals surface area contributed by atoms with E-state index in [4.69, 9.17) is 10.2 Å². The van der Waals surface area contributed by atoms with Crippen molar-refractivity contribution in [2.24, 2.45) is 0 Å². The number of aliphatic hydroxyl groups is 2. The van der Waals surface area contributed by atoms with Gasteiger partial charge in [0, 0.05) is 0 Å². The quantitative estimate of drug-likeness (QED) is 0.535. The Kier molecular flexibility index (Phi) is 10.9. The Labute approximate surface area is 88.3 Å². The van der Waals surface area contributed by atoms with E-state index in [-0.39, 0.29) is 6.61 Å². The molecule has 0 radical (unpaired) electrons. The highest BCUT2D eigenvalue weighted by atomic mass is 16.3. The lowest BCUT2D eigenvalue weighted by Crippen LogP contribution is -2.10. The van der Waals surface area contributed by atoms with E-state index in [1.165, 1.54) is 44.9 Å². The zero-order chi connectivity index (χ0) is 10.6. The van der Waals surface area contributed by atoms with Crippen molar-refractivity contribution in [3.8, 4) is 0 Å². The lowest BCUT2D eigenvalue weighted by Gasteiger charge is -2.06. The first-order valence-corrected chi connectivity index (χ1v) is 6.10. The molecule has 0 aliphatic heterocycles. The largest absolute Gasteiger partial charge is 0.394 e. The summed E-state index contributed by atoms with van der Waals surface area (Å²) in [6, 6.07) is 0. The molecule has 0 aromatic rings. The zero-order valence-electron chi connectivity index (χ0n) is 9.54. The molecule has 14 heavy (non-hydrogen) atoms. The maximum Gasteiger partial charge on any atom is 0.0770 e. The Morgan fingerprint density at radius 3 is 1.86 bits per heavy atom. The number of hydrogen-bond acceptors (Lipinski definition) is 2. The molecule has 2 nitrogen and oxygen atoms in total. The molecule has 2 N–H and O–H groups in total. The summed E-state index contributed by atoms with van der Waals surface area (Å²) >= 11 is 0. The van der Waals surface area contributed by atoms with E-state index in [0.29, 0.717) is 0 Å². The fourth-order valence-electron chi connectivity index (χ4n) is 1.61. The Morgan fingerprint density at radius 1 is 0.857 bits per heavy atom. The van der Waals surface area contributed by atoms with Gasteiger partial charge in [-0.15, -0.1) is 0 Å². The predicted molar refractivity (Wildman–Crippen MR) is 60.3 cm³/mol. The van der Waals surface area contributed by atoms with Crippen LogP contribution in [-0.4, -0.2) is 22.9 Å². The molecule has 0 saturated carbocycles. The monoisotopic (exact) mass is 202 g/mol. The van der Waals surface area contributed by atoms with Gasteiger partial charge < -0.3 is 10.2 Å². The van der Waals surface area contributed by atoms with Gasteiger partial charge in [0.25, 0.3) is 0 Å². The highest BCUT2D eigenvalue weighted by Crippen LogP contribution is 2.10. The third-order valence-electron chi connectivity index (χ3n) is 2.60. The van der Waals surface area contributed by atoms with E-state index in [1.54, 1.807) is 0 Å². The average molecular weight is 202 g/mol. The van der Waals surface area contributed by atoms with Gasteiger partial charge in [-0.25, -0.2) is 0 Å². The highest BCUT2D eigenvalue weighted by Gasteiger charge is 2.00. The summed E-state index contributed by atoms with van der Waals surface area (Å²) in [6.07, 6.45) is 10.5. The molecular weight excluding hydrogens is 176 g/mol. The summed E-state index contributed by atoms with van der Waals surface area (Å²) in [4.78, 5) is 0. The van der Waals surface area contributed by atoms with Crippen LogP contribution in [0.4, 0.5) is 0 Å². The molecule has 0 saturated heterocycles. The second kappa shape index (κ2) is 11.0. The number of unbranched alkanes of at least 4 members (excludes halogenated alkanes) is 7. The molecule has 0 amide bonds. The van der Waals surface area contributed by atoms with Crippen LogP contribution in [0.1, 0.15) is 64.7 Å². The molecule has 0 aliphatic carbocycles. The van der Waals surface area contributed by atoms with Crippen LogP contribution in [0.25, 0.3) is 0 Å². The Balaban J connectivity index is 2.92. The highest BCUT2D eigenvalue weighted by molar-refractivity contribution is 4.53. The summed E-state index contributed by atoms with van der Waals surface area (Å²) in [5.74, 6) is 0. The minimum absolute atomic E-state index is 0.0868. The first-order chi connectivity index (χ1) is 6.81. The van der Waals surface area contributed by atoms with Crippen molar-refractivity contribution in [1.82, 2.24) is 0 Å². The van der Waals surface area contributed by atoms with Crippen molar-refractivity contribution < 1.29 is 10.2 Å². The van der Waals surface area contributed by atoms with Crippen LogP contribution in [0.3, 0.4) is 0 Å². The van der Waals surface area contributed by atoms with Gasteiger partial charge in [0.2, 0.25) is 0 Å². The summed E-state index contributed by atoms with van der Waals surface area (Å²) in [7, 11) is 0. The SMILES string of the molecule is CCCCCCCCCC[C@H](O)CO. The summed E-state index contributed by atoms with van der Waals surface area (Å²) in [5.41, 5.74) is 0. The molecule has 0 aromatic carbocycles. The Morgan fingerprint density at radius 2 is 1.36 bits per heavy atom. The fraction of sp³-hybridized carbons (Fsp3) is 1.00. The Bertz CT molecular complexity index is 104. The van der Waals surface area contributed by atoms with Crippen LogP contribution in [0, 0.1) is 0 Å². The van der Waals surface area contributed by atoms with E-state index < -0.39 is 6.10 Å². The van der Waals surface area contributed by atoms with E-state index in [2.05, 4.69) is 6.92 Å². The van der Waals surface area contributed by atoms with Gasteiger partial charge in [0.15, 0.2) is 0 Å². The standard InChI is InChI=1S/C12H26O2/c1-2-3-4-5-6-7-8-9-10-12(14)11-13/h12-14H,2-11H2,1H3/t12-/m0/s1. The van der Waals surface area contributed by atoms with Crippen molar-refractivity contribution in [3.05, 3.63) is 0 Å². The van der Waals surface area contributed by atoms with Gasteiger partial charge in [-0.3, -0.25) is 0 Å². The minimum atomic E-state index is -0.491. The van der Waals surface area contributed by atoms with Crippen LogP contribution < -0.4 is 0 Å². The van der Waals surface area contributed by atoms with Gasteiger partial charge in [-0.1, -0.05) is 58.3 Å². The van der Waals surface area contributed by atoms with Crippen molar-refractivity contribution in [3.63, 3.8) is 0 Å². The Hall–Kier alpha value is -0.0800. The molecule has 0 aromatic heterocycles. The van der Waals surface area contributed by atoms with E-state index in [0.717, 1.165) is 12.8 Å². The van der Waals surface area contributed by atoms with Crippen LogP contribution in [0.5, 0.6) is 0 Å². The van der Waals surface area contributed by atoms with Gasteiger partial charge in [-0.2, -0.15) is 0 Å². The van der Waals surface area contributed by atoms with Crippen LogP contribution >= 0.6 is 0 Å². The molecular formula is C12H26O2. The van der Waals surface area contributed by atoms with E-state index in [9.17, 15) is 0 Å². The fourth-order valence-corrected chi connectivity index (χ4v) is 1.61. The smallest absolute Gasteiger partial charge is 0.0770 e.